The molecule has 3 nitrogen and oxygen atoms in total. The van der Waals surface area contributed by atoms with Crippen LogP contribution in [0.5, 0.6) is 5.75 Å². The molecule has 17 heavy (non-hydrogen) atoms. The number of nitrogens with two attached hydrogens (primary N) is 1. The average Bonchev–Trinajstić information content (AvgIpc) is 2.90. The van der Waals surface area contributed by atoms with Gasteiger partial charge in [0.05, 0.1) is 11.6 Å². The van der Waals surface area contributed by atoms with E-state index in [0.717, 1.165) is 11.3 Å². The molecule has 0 saturated carbocycles. The second-order valence-corrected chi connectivity index (χ2v) is 4.32. The van der Waals surface area contributed by atoms with Crippen molar-refractivity contribution in [2.75, 3.05) is 6.54 Å². The zero-order valence-corrected chi connectivity index (χ0v) is 9.98. The first kappa shape index (κ1) is 11.6. The van der Waals surface area contributed by atoms with E-state index in [1.807, 2.05) is 16.8 Å². The molecule has 86 valence electrons. The number of nitriles is 1. The molecule has 0 radical (unpaired) electrons. The van der Waals surface area contributed by atoms with Crippen LogP contribution in [0, 0.1) is 11.3 Å². The smallest absolute Gasteiger partial charge is 0.137 e. The Morgan fingerprint density at radius 1 is 1.29 bits per heavy atom. The van der Waals surface area contributed by atoms with E-state index >= 15 is 0 Å². The molecule has 2 aromatic rings. The van der Waals surface area contributed by atoms with Crippen molar-refractivity contribution in [2.45, 2.75) is 6.10 Å². The van der Waals surface area contributed by atoms with Gasteiger partial charge in [-0.15, -0.1) is 0 Å². The van der Waals surface area contributed by atoms with Crippen molar-refractivity contribution in [3.63, 3.8) is 0 Å². The van der Waals surface area contributed by atoms with E-state index in [1.54, 1.807) is 35.6 Å². The van der Waals surface area contributed by atoms with Gasteiger partial charge in [0.1, 0.15) is 11.9 Å². The Labute approximate surface area is 104 Å². The summed E-state index contributed by atoms with van der Waals surface area (Å²) in [5.41, 5.74) is 7.40. The Kier molecular flexibility index (Phi) is 3.76. The van der Waals surface area contributed by atoms with Crippen molar-refractivity contribution < 1.29 is 4.74 Å². The van der Waals surface area contributed by atoms with E-state index in [2.05, 4.69) is 6.07 Å². The Bertz CT molecular complexity index is 499. The number of hydrogen-bond acceptors (Lipinski definition) is 4. The number of rotatable bonds is 4. The topological polar surface area (TPSA) is 59.0 Å². The highest BCUT2D eigenvalue weighted by molar-refractivity contribution is 7.07. The average molecular weight is 244 g/mol. The lowest BCUT2D eigenvalue weighted by molar-refractivity contribution is 0.215. The van der Waals surface area contributed by atoms with Crippen LogP contribution in [-0.2, 0) is 0 Å². The van der Waals surface area contributed by atoms with Crippen molar-refractivity contribution in [1.82, 2.24) is 0 Å². The van der Waals surface area contributed by atoms with Gasteiger partial charge in [0.15, 0.2) is 0 Å². The lowest BCUT2D eigenvalue weighted by Crippen LogP contribution is -2.17. The summed E-state index contributed by atoms with van der Waals surface area (Å²) in [5, 5.41) is 12.7. The second kappa shape index (κ2) is 5.48. The molecule has 0 aliphatic rings. The van der Waals surface area contributed by atoms with Crippen molar-refractivity contribution in [2.24, 2.45) is 5.73 Å². The summed E-state index contributed by atoms with van der Waals surface area (Å²) in [5.74, 6) is 0.727. The van der Waals surface area contributed by atoms with Gasteiger partial charge in [-0.25, -0.2) is 0 Å². The van der Waals surface area contributed by atoms with Gasteiger partial charge in [-0.05, 0) is 41.1 Å². The fourth-order valence-corrected chi connectivity index (χ4v) is 2.18. The van der Waals surface area contributed by atoms with Crippen LogP contribution in [0.2, 0.25) is 0 Å². The first-order valence-corrected chi connectivity index (χ1v) is 6.16. The predicted octanol–water partition coefficient (Wildman–Crippen LogP) is 2.70. The lowest BCUT2D eigenvalue weighted by Gasteiger charge is -2.16. The molecule has 1 atom stereocenters. The maximum atomic E-state index is 8.70. The summed E-state index contributed by atoms with van der Waals surface area (Å²) in [7, 11) is 0. The van der Waals surface area contributed by atoms with Gasteiger partial charge < -0.3 is 10.5 Å². The molecule has 1 aromatic carbocycles. The van der Waals surface area contributed by atoms with Gasteiger partial charge in [0, 0.05) is 12.1 Å². The summed E-state index contributed by atoms with van der Waals surface area (Å²) >= 11 is 1.62. The lowest BCUT2D eigenvalue weighted by atomic mass is 10.2. The van der Waals surface area contributed by atoms with Crippen molar-refractivity contribution in [1.29, 1.82) is 5.26 Å². The number of hydrogen-bond donors (Lipinski definition) is 1. The largest absolute Gasteiger partial charge is 0.484 e. The Morgan fingerprint density at radius 2 is 2.06 bits per heavy atom. The zero-order chi connectivity index (χ0) is 12.1. The highest BCUT2D eigenvalue weighted by Gasteiger charge is 2.11. The minimum atomic E-state index is -0.130. The zero-order valence-electron chi connectivity index (χ0n) is 9.17. The van der Waals surface area contributed by atoms with E-state index in [4.69, 9.17) is 15.7 Å². The third-order valence-corrected chi connectivity index (χ3v) is 3.09. The number of thiophene rings is 1. The van der Waals surface area contributed by atoms with Crippen molar-refractivity contribution in [3.8, 4) is 11.8 Å². The molecule has 1 heterocycles. The number of benzene rings is 1. The maximum Gasteiger partial charge on any atom is 0.137 e. The first-order valence-electron chi connectivity index (χ1n) is 5.22. The van der Waals surface area contributed by atoms with E-state index in [9.17, 15) is 0 Å². The molecule has 2 N–H and O–H groups in total. The summed E-state index contributed by atoms with van der Waals surface area (Å²) in [6.45, 7) is 0.427. The van der Waals surface area contributed by atoms with Crippen LogP contribution >= 0.6 is 11.3 Å². The first-order chi connectivity index (χ1) is 8.33. The Morgan fingerprint density at radius 3 is 2.59 bits per heavy atom. The molecule has 0 saturated heterocycles. The van der Waals surface area contributed by atoms with Crippen LogP contribution in [0.25, 0.3) is 0 Å². The van der Waals surface area contributed by atoms with E-state index in [-0.39, 0.29) is 6.10 Å². The third kappa shape index (κ3) is 2.84. The van der Waals surface area contributed by atoms with Crippen molar-refractivity contribution >= 4 is 11.3 Å². The normalized spacial score (nSPS) is 11.8. The molecule has 0 amide bonds. The van der Waals surface area contributed by atoms with Crippen LogP contribution in [0.15, 0.2) is 41.1 Å². The highest BCUT2D eigenvalue weighted by atomic mass is 32.1. The summed E-state index contributed by atoms with van der Waals surface area (Å²) in [6.07, 6.45) is -0.130. The predicted molar refractivity (Wildman–Crippen MR) is 67.9 cm³/mol. The molecule has 0 bridgehead atoms. The Hall–Kier alpha value is -1.83. The summed E-state index contributed by atoms with van der Waals surface area (Å²) in [4.78, 5) is 0. The molecular weight excluding hydrogens is 232 g/mol. The Balaban J connectivity index is 2.11. The van der Waals surface area contributed by atoms with E-state index in [0.29, 0.717) is 12.1 Å². The molecular formula is C13H12N2OS. The van der Waals surface area contributed by atoms with Gasteiger partial charge >= 0.3 is 0 Å². The molecule has 0 aliphatic heterocycles. The highest BCUT2D eigenvalue weighted by Crippen LogP contribution is 2.23. The monoisotopic (exact) mass is 244 g/mol. The standard InChI is InChI=1S/C13H12N2OS/c14-7-10-1-3-12(4-2-10)16-13(8-15)11-5-6-17-9-11/h1-6,9,13H,8,15H2. The van der Waals surface area contributed by atoms with E-state index < -0.39 is 0 Å². The quantitative estimate of drug-likeness (QED) is 0.899. The molecule has 4 heteroatoms. The number of ether oxygens (including phenoxy) is 1. The fraction of sp³-hybridized carbons (Fsp3) is 0.154. The van der Waals surface area contributed by atoms with Gasteiger partial charge in [0.25, 0.3) is 0 Å². The molecule has 2 rings (SSSR count). The fourth-order valence-electron chi connectivity index (χ4n) is 1.48. The van der Waals surface area contributed by atoms with Crippen LogP contribution < -0.4 is 10.5 Å². The van der Waals surface area contributed by atoms with Gasteiger partial charge in [-0.1, -0.05) is 0 Å². The van der Waals surface area contributed by atoms with Gasteiger partial charge in [-0.2, -0.15) is 16.6 Å². The molecule has 0 spiro atoms. The summed E-state index contributed by atoms with van der Waals surface area (Å²) < 4.78 is 5.78. The van der Waals surface area contributed by atoms with Gasteiger partial charge in [-0.3, -0.25) is 0 Å². The summed E-state index contributed by atoms with van der Waals surface area (Å²) in [6, 6.07) is 11.1. The SMILES string of the molecule is N#Cc1ccc(OC(CN)c2ccsc2)cc1. The third-order valence-electron chi connectivity index (χ3n) is 2.39. The van der Waals surface area contributed by atoms with Crippen LogP contribution in [0.1, 0.15) is 17.2 Å². The molecule has 0 fully saturated rings. The minimum absolute atomic E-state index is 0.130. The van der Waals surface area contributed by atoms with Crippen molar-refractivity contribution in [3.05, 3.63) is 52.2 Å². The molecule has 0 aliphatic carbocycles. The minimum Gasteiger partial charge on any atom is -0.484 e. The van der Waals surface area contributed by atoms with Crippen LogP contribution in [0.3, 0.4) is 0 Å². The molecule has 1 unspecified atom stereocenters. The van der Waals surface area contributed by atoms with E-state index in [1.165, 1.54) is 0 Å². The number of nitrogens with zero attached hydrogens (tertiary/aromatic N) is 1. The second-order valence-electron chi connectivity index (χ2n) is 3.54. The van der Waals surface area contributed by atoms with Crippen LogP contribution in [0.4, 0.5) is 0 Å². The van der Waals surface area contributed by atoms with Crippen LogP contribution in [-0.4, -0.2) is 6.54 Å². The molecule has 1 aromatic heterocycles. The van der Waals surface area contributed by atoms with Gasteiger partial charge in [0.2, 0.25) is 0 Å². The maximum absolute atomic E-state index is 8.70.